The summed E-state index contributed by atoms with van der Waals surface area (Å²) >= 11 is 0. The van der Waals surface area contributed by atoms with Crippen LogP contribution >= 0.6 is 0 Å². The van der Waals surface area contributed by atoms with Crippen LogP contribution in [0.3, 0.4) is 0 Å². The van der Waals surface area contributed by atoms with Crippen LogP contribution in [0.2, 0.25) is 0 Å². The minimum atomic E-state index is -0.484. The molecule has 1 fully saturated rings. The van der Waals surface area contributed by atoms with Gasteiger partial charge in [0, 0.05) is 17.4 Å². The van der Waals surface area contributed by atoms with E-state index in [9.17, 15) is 4.79 Å². The van der Waals surface area contributed by atoms with Crippen molar-refractivity contribution in [1.29, 1.82) is 0 Å². The van der Waals surface area contributed by atoms with E-state index in [0.29, 0.717) is 6.04 Å². The third kappa shape index (κ3) is 4.96. The lowest BCUT2D eigenvalue weighted by Gasteiger charge is -2.20. The monoisotopic (exact) mass is 290 g/mol. The average molecular weight is 290 g/mol. The minimum absolute atomic E-state index is 0.415. The normalized spacial score (nSPS) is 15.8. The van der Waals surface area contributed by atoms with Crippen molar-refractivity contribution >= 4 is 17.5 Å². The molecular formula is C17H26N2O2. The van der Waals surface area contributed by atoms with Crippen LogP contribution in [0, 0.1) is 6.92 Å². The zero-order valence-corrected chi connectivity index (χ0v) is 13.5. The first-order chi connectivity index (χ1) is 9.83. The van der Waals surface area contributed by atoms with Gasteiger partial charge in [-0.15, -0.1) is 0 Å². The van der Waals surface area contributed by atoms with Gasteiger partial charge in [-0.3, -0.25) is 5.32 Å². The lowest BCUT2D eigenvalue weighted by Crippen LogP contribution is -2.27. The number of amides is 1. The van der Waals surface area contributed by atoms with Gasteiger partial charge in [-0.25, -0.2) is 4.79 Å². The van der Waals surface area contributed by atoms with Crippen LogP contribution in [0.4, 0.5) is 16.2 Å². The van der Waals surface area contributed by atoms with Gasteiger partial charge in [-0.1, -0.05) is 12.8 Å². The second-order valence-corrected chi connectivity index (χ2v) is 6.78. The largest absolute Gasteiger partial charge is 0.444 e. The van der Waals surface area contributed by atoms with Gasteiger partial charge in [0.2, 0.25) is 0 Å². The van der Waals surface area contributed by atoms with Gasteiger partial charge in [-0.2, -0.15) is 0 Å². The molecule has 4 heteroatoms. The first-order valence-electron chi connectivity index (χ1n) is 7.71. The molecule has 1 aliphatic carbocycles. The summed E-state index contributed by atoms with van der Waals surface area (Å²) in [5.74, 6) is 0. The lowest BCUT2D eigenvalue weighted by atomic mass is 10.1. The fourth-order valence-electron chi connectivity index (χ4n) is 2.61. The molecule has 0 saturated heterocycles. The number of hydrogen-bond acceptors (Lipinski definition) is 3. The highest BCUT2D eigenvalue weighted by atomic mass is 16.6. The predicted molar refractivity (Wildman–Crippen MR) is 86.9 cm³/mol. The van der Waals surface area contributed by atoms with Crippen molar-refractivity contribution in [2.75, 3.05) is 10.6 Å². The van der Waals surface area contributed by atoms with E-state index >= 15 is 0 Å². The van der Waals surface area contributed by atoms with E-state index in [1.165, 1.54) is 25.7 Å². The molecule has 1 aromatic carbocycles. The molecule has 0 heterocycles. The van der Waals surface area contributed by atoms with Crippen molar-refractivity contribution in [3.8, 4) is 0 Å². The van der Waals surface area contributed by atoms with Crippen LogP contribution in [0.5, 0.6) is 0 Å². The maximum Gasteiger partial charge on any atom is 0.412 e. The Kier molecular flexibility index (Phi) is 4.76. The molecule has 0 aromatic heterocycles. The molecule has 0 bridgehead atoms. The summed E-state index contributed by atoms with van der Waals surface area (Å²) in [5, 5.41) is 6.36. The zero-order valence-electron chi connectivity index (χ0n) is 13.5. The number of ether oxygens (including phenoxy) is 1. The average Bonchev–Trinajstić information content (AvgIpc) is 2.83. The Bertz CT molecular complexity index is 500. The molecule has 4 nitrogen and oxygen atoms in total. The summed E-state index contributed by atoms with van der Waals surface area (Å²) in [6.45, 7) is 7.56. The number of nitrogens with one attached hydrogen (secondary N) is 2. The predicted octanol–water partition coefficient (Wildman–Crippen LogP) is 4.70. The Morgan fingerprint density at radius 3 is 2.48 bits per heavy atom. The third-order valence-electron chi connectivity index (χ3n) is 3.59. The van der Waals surface area contributed by atoms with E-state index in [-0.39, 0.29) is 0 Å². The molecule has 0 atom stereocenters. The Balaban J connectivity index is 1.96. The molecule has 2 N–H and O–H groups in total. The number of hydrogen-bond donors (Lipinski definition) is 2. The van der Waals surface area contributed by atoms with E-state index in [2.05, 4.69) is 16.7 Å². The fourth-order valence-corrected chi connectivity index (χ4v) is 2.61. The van der Waals surface area contributed by atoms with Crippen molar-refractivity contribution in [3.05, 3.63) is 23.8 Å². The van der Waals surface area contributed by atoms with E-state index in [1.807, 2.05) is 39.8 Å². The van der Waals surface area contributed by atoms with Crippen LogP contribution in [0.15, 0.2) is 18.2 Å². The minimum Gasteiger partial charge on any atom is -0.444 e. The second-order valence-electron chi connectivity index (χ2n) is 6.78. The molecule has 21 heavy (non-hydrogen) atoms. The van der Waals surface area contributed by atoms with Crippen LogP contribution < -0.4 is 10.6 Å². The SMILES string of the molecule is Cc1cc(NC2CCCC2)ccc1NC(=O)OC(C)(C)C. The number of anilines is 2. The summed E-state index contributed by atoms with van der Waals surface area (Å²) in [7, 11) is 0. The van der Waals surface area contributed by atoms with E-state index in [0.717, 1.165) is 16.9 Å². The Morgan fingerprint density at radius 2 is 1.90 bits per heavy atom. The van der Waals surface area contributed by atoms with Crippen LogP contribution in [-0.4, -0.2) is 17.7 Å². The number of rotatable bonds is 3. The number of benzene rings is 1. The molecule has 1 aliphatic rings. The van der Waals surface area contributed by atoms with E-state index < -0.39 is 11.7 Å². The highest BCUT2D eigenvalue weighted by Crippen LogP contribution is 2.25. The van der Waals surface area contributed by atoms with Gasteiger partial charge in [0.1, 0.15) is 5.60 Å². The highest BCUT2D eigenvalue weighted by Gasteiger charge is 2.17. The fraction of sp³-hybridized carbons (Fsp3) is 0.588. The van der Waals surface area contributed by atoms with Crippen LogP contribution in [0.25, 0.3) is 0 Å². The van der Waals surface area contributed by atoms with Gasteiger partial charge in [0.05, 0.1) is 0 Å². The maximum atomic E-state index is 11.8. The standard InChI is InChI=1S/C17H26N2O2/c1-12-11-14(18-13-7-5-6-8-13)9-10-15(12)19-16(20)21-17(2,3)4/h9-11,13,18H,5-8H2,1-4H3,(H,19,20). The summed E-state index contributed by atoms with van der Waals surface area (Å²) in [5.41, 5.74) is 2.46. The van der Waals surface area contributed by atoms with Crippen molar-refractivity contribution in [1.82, 2.24) is 0 Å². The molecule has 0 unspecified atom stereocenters. The lowest BCUT2D eigenvalue weighted by molar-refractivity contribution is 0.0636. The van der Waals surface area contributed by atoms with E-state index in [1.54, 1.807) is 0 Å². The number of carbonyl (C=O) groups is 1. The summed E-state index contributed by atoms with van der Waals surface area (Å²) < 4.78 is 5.27. The van der Waals surface area contributed by atoms with Gasteiger partial charge in [0.25, 0.3) is 0 Å². The molecule has 1 amide bonds. The first-order valence-corrected chi connectivity index (χ1v) is 7.71. The topological polar surface area (TPSA) is 50.4 Å². The van der Waals surface area contributed by atoms with Crippen molar-refractivity contribution in [2.24, 2.45) is 0 Å². The molecular weight excluding hydrogens is 264 g/mol. The van der Waals surface area contributed by atoms with Gasteiger partial charge in [0.15, 0.2) is 0 Å². The molecule has 1 saturated carbocycles. The Hall–Kier alpha value is -1.71. The second kappa shape index (κ2) is 6.37. The Labute approximate surface area is 127 Å². The van der Waals surface area contributed by atoms with Crippen LogP contribution in [0.1, 0.15) is 52.0 Å². The highest BCUT2D eigenvalue weighted by molar-refractivity contribution is 5.86. The molecule has 2 rings (SSSR count). The summed E-state index contributed by atoms with van der Waals surface area (Å²) in [4.78, 5) is 11.8. The Morgan fingerprint density at radius 1 is 1.24 bits per heavy atom. The van der Waals surface area contributed by atoms with E-state index in [4.69, 9.17) is 4.74 Å². The first kappa shape index (κ1) is 15.7. The van der Waals surface area contributed by atoms with Crippen LogP contribution in [-0.2, 0) is 4.74 Å². The van der Waals surface area contributed by atoms with Gasteiger partial charge in [-0.05, 0) is 64.3 Å². The smallest absolute Gasteiger partial charge is 0.412 e. The molecule has 0 radical (unpaired) electrons. The molecule has 0 aliphatic heterocycles. The quantitative estimate of drug-likeness (QED) is 0.848. The zero-order chi connectivity index (χ0) is 15.5. The summed E-state index contributed by atoms with van der Waals surface area (Å²) in [6, 6.07) is 6.61. The number of carbonyl (C=O) groups excluding carboxylic acids is 1. The molecule has 1 aromatic rings. The maximum absolute atomic E-state index is 11.8. The summed E-state index contributed by atoms with van der Waals surface area (Å²) in [6.07, 6.45) is 4.71. The van der Waals surface area contributed by atoms with Gasteiger partial charge < -0.3 is 10.1 Å². The number of aryl methyl sites for hydroxylation is 1. The van der Waals surface area contributed by atoms with Crippen molar-refractivity contribution < 1.29 is 9.53 Å². The molecule has 0 spiro atoms. The van der Waals surface area contributed by atoms with Crippen molar-refractivity contribution in [2.45, 2.75) is 65.0 Å². The van der Waals surface area contributed by atoms with Gasteiger partial charge >= 0.3 is 6.09 Å². The molecule has 116 valence electrons. The van der Waals surface area contributed by atoms with Crippen molar-refractivity contribution in [3.63, 3.8) is 0 Å². The third-order valence-corrected chi connectivity index (χ3v) is 3.59.